The lowest BCUT2D eigenvalue weighted by Crippen LogP contribution is -2.27. The molecule has 0 N–H and O–H groups in total. The first-order valence-electron chi connectivity index (χ1n) is 5.53. The summed E-state index contributed by atoms with van der Waals surface area (Å²) in [5.74, 6) is 0.118. The molecule has 2 nitrogen and oxygen atoms in total. The number of carbonyl (C=O) groups excluding carboxylic acids is 1. The summed E-state index contributed by atoms with van der Waals surface area (Å²) in [4.78, 5) is 13.7. The molecule has 15 heavy (non-hydrogen) atoms. The maximum Gasteiger partial charge on any atom is 0.253 e. The minimum Gasteiger partial charge on any atom is -0.342 e. The van der Waals surface area contributed by atoms with Gasteiger partial charge in [-0.25, -0.2) is 0 Å². The number of aryl methyl sites for hydroxylation is 1. The number of hydrogen-bond acceptors (Lipinski definition) is 1. The van der Waals surface area contributed by atoms with Gasteiger partial charge in [-0.2, -0.15) is 0 Å². The van der Waals surface area contributed by atoms with Crippen LogP contribution in [0.3, 0.4) is 0 Å². The third-order valence-corrected chi connectivity index (χ3v) is 2.49. The Morgan fingerprint density at radius 1 is 1.33 bits per heavy atom. The van der Waals surface area contributed by atoms with Gasteiger partial charge in [0.1, 0.15) is 0 Å². The Balaban J connectivity index is 2.81. The second-order valence-corrected chi connectivity index (χ2v) is 3.78. The Bertz CT molecular complexity index is 333. The Hall–Kier alpha value is -1.31. The standard InChI is InChI=1S/C13H19NO/c1-4-9-14(3)13(15)12-8-6-7-11(5-2)10-12/h6-8,10H,4-5,9H2,1-3H3. The van der Waals surface area contributed by atoms with Gasteiger partial charge in [0.2, 0.25) is 0 Å². The number of benzene rings is 1. The average molecular weight is 205 g/mol. The fraction of sp³-hybridized carbons (Fsp3) is 0.462. The zero-order chi connectivity index (χ0) is 11.3. The van der Waals surface area contributed by atoms with Gasteiger partial charge in [0.25, 0.3) is 5.91 Å². The monoisotopic (exact) mass is 205 g/mol. The lowest BCUT2D eigenvalue weighted by molar-refractivity contribution is 0.0795. The van der Waals surface area contributed by atoms with E-state index >= 15 is 0 Å². The molecule has 1 amide bonds. The van der Waals surface area contributed by atoms with E-state index in [-0.39, 0.29) is 5.91 Å². The molecule has 0 unspecified atom stereocenters. The van der Waals surface area contributed by atoms with Crippen molar-refractivity contribution in [3.8, 4) is 0 Å². The van der Waals surface area contributed by atoms with Gasteiger partial charge in [-0.05, 0) is 30.5 Å². The summed E-state index contributed by atoms with van der Waals surface area (Å²) in [6.07, 6.45) is 1.97. The van der Waals surface area contributed by atoms with E-state index in [2.05, 4.69) is 19.9 Å². The molecule has 0 aliphatic heterocycles. The number of hydrogen-bond donors (Lipinski definition) is 0. The van der Waals surface area contributed by atoms with Crippen molar-refractivity contribution in [3.63, 3.8) is 0 Å². The minimum absolute atomic E-state index is 0.118. The maximum atomic E-state index is 11.9. The molecule has 0 saturated heterocycles. The molecule has 0 fully saturated rings. The van der Waals surface area contributed by atoms with Crippen molar-refractivity contribution in [1.82, 2.24) is 4.90 Å². The second kappa shape index (κ2) is 5.54. The van der Waals surface area contributed by atoms with Gasteiger partial charge in [-0.15, -0.1) is 0 Å². The Morgan fingerprint density at radius 2 is 2.07 bits per heavy atom. The lowest BCUT2D eigenvalue weighted by atomic mass is 10.1. The molecule has 0 atom stereocenters. The van der Waals surface area contributed by atoms with Crippen molar-refractivity contribution in [1.29, 1.82) is 0 Å². The van der Waals surface area contributed by atoms with E-state index in [1.807, 2.05) is 25.2 Å². The normalized spacial score (nSPS) is 10.1. The first-order valence-corrected chi connectivity index (χ1v) is 5.53. The van der Waals surface area contributed by atoms with Crippen LogP contribution < -0.4 is 0 Å². The van der Waals surface area contributed by atoms with Crippen LogP contribution in [0.2, 0.25) is 0 Å². The molecule has 0 heterocycles. The third kappa shape index (κ3) is 3.08. The fourth-order valence-corrected chi connectivity index (χ4v) is 1.58. The van der Waals surface area contributed by atoms with Crippen LogP contribution in [0.5, 0.6) is 0 Å². The van der Waals surface area contributed by atoms with Gasteiger partial charge in [0.05, 0.1) is 0 Å². The predicted molar refractivity (Wildman–Crippen MR) is 63.1 cm³/mol. The van der Waals surface area contributed by atoms with Crippen LogP contribution in [-0.4, -0.2) is 24.4 Å². The number of carbonyl (C=O) groups is 1. The van der Waals surface area contributed by atoms with Crippen LogP contribution in [0.4, 0.5) is 0 Å². The van der Waals surface area contributed by atoms with Crippen LogP contribution in [0.25, 0.3) is 0 Å². The van der Waals surface area contributed by atoms with E-state index in [4.69, 9.17) is 0 Å². The van der Waals surface area contributed by atoms with E-state index < -0.39 is 0 Å². The van der Waals surface area contributed by atoms with Gasteiger partial charge < -0.3 is 4.90 Å². The van der Waals surface area contributed by atoms with Crippen LogP contribution in [0, 0.1) is 0 Å². The lowest BCUT2D eigenvalue weighted by Gasteiger charge is -2.16. The summed E-state index contributed by atoms with van der Waals surface area (Å²) in [5.41, 5.74) is 2.01. The highest BCUT2D eigenvalue weighted by Gasteiger charge is 2.10. The highest BCUT2D eigenvalue weighted by Crippen LogP contribution is 2.08. The topological polar surface area (TPSA) is 20.3 Å². The SMILES string of the molecule is CCCN(C)C(=O)c1cccc(CC)c1. The molecule has 1 aromatic rings. The molecule has 0 aliphatic rings. The van der Waals surface area contributed by atoms with E-state index in [9.17, 15) is 4.79 Å². The number of amides is 1. The quantitative estimate of drug-likeness (QED) is 0.740. The summed E-state index contributed by atoms with van der Waals surface area (Å²) in [5, 5.41) is 0. The molecule has 2 heteroatoms. The van der Waals surface area contributed by atoms with Crippen LogP contribution in [0.1, 0.15) is 36.2 Å². The molecule has 0 spiro atoms. The van der Waals surface area contributed by atoms with E-state index in [1.54, 1.807) is 4.90 Å². The summed E-state index contributed by atoms with van der Waals surface area (Å²) in [6, 6.07) is 7.87. The first-order chi connectivity index (χ1) is 7.19. The Labute approximate surface area is 91.9 Å². The summed E-state index contributed by atoms with van der Waals surface area (Å²) < 4.78 is 0. The highest BCUT2D eigenvalue weighted by molar-refractivity contribution is 5.94. The molecule has 1 rings (SSSR count). The van der Waals surface area contributed by atoms with Gasteiger partial charge in [-0.1, -0.05) is 26.0 Å². The summed E-state index contributed by atoms with van der Waals surface area (Å²) in [6.45, 7) is 4.99. The predicted octanol–water partition coefficient (Wildman–Crippen LogP) is 2.73. The molecular weight excluding hydrogens is 186 g/mol. The zero-order valence-electron chi connectivity index (χ0n) is 9.79. The van der Waals surface area contributed by atoms with Crippen LogP contribution in [-0.2, 0) is 6.42 Å². The van der Waals surface area contributed by atoms with Crippen molar-refractivity contribution < 1.29 is 4.79 Å². The van der Waals surface area contributed by atoms with Crippen molar-refractivity contribution in [3.05, 3.63) is 35.4 Å². The summed E-state index contributed by atoms with van der Waals surface area (Å²) >= 11 is 0. The van der Waals surface area contributed by atoms with E-state index in [0.29, 0.717) is 0 Å². The molecule has 0 bridgehead atoms. The molecule has 1 aromatic carbocycles. The van der Waals surface area contributed by atoms with Crippen molar-refractivity contribution >= 4 is 5.91 Å². The van der Waals surface area contributed by atoms with E-state index in [0.717, 1.165) is 24.9 Å². The van der Waals surface area contributed by atoms with Crippen LogP contribution >= 0.6 is 0 Å². The second-order valence-electron chi connectivity index (χ2n) is 3.78. The molecule has 0 radical (unpaired) electrons. The average Bonchev–Trinajstić information content (AvgIpc) is 2.28. The minimum atomic E-state index is 0.118. The Kier molecular flexibility index (Phi) is 4.35. The smallest absolute Gasteiger partial charge is 0.253 e. The zero-order valence-corrected chi connectivity index (χ0v) is 9.79. The first kappa shape index (κ1) is 11.8. The van der Waals surface area contributed by atoms with E-state index in [1.165, 1.54) is 5.56 Å². The van der Waals surface area contributed by atoms with Gasteiger partial charge >= 0.3 is 0 Å². The molecule has 0 saturated carbocycles. The summed E-state index contributed by atoms with van der Waals surface area (Å²) in [7, 11) is 1.85. The van der Waals surface area contributed by atoms with Crippen molar-refractivity contribution in [2.75, 3.05) is 13.6 Å². The Morgan fingerprint density at radius 3 is 2.67 bits per heavy atom. The molecule has 0 aliphatic carbocycles. The molecular formula is C13H19NO. The van der Waals surface area contributed by atoms with Crippen molar-refractivity contribution in [2.24, 2.45) is 0 Å². The molecule has 82 valence electrons. The fourth-order valence-electron chi connectivity index (χ4n) is 1.58. The number of nitrogens with zero attached hydrogens (tertiary/aromatic N) is 1. The largest absolute Gasteiger partial charge is 0.342 e. The molecule has 0 aromatic heterocycles. The third-order valence-electron chi connectivity index (χ3n) is 2.49. The van der Waals surface area contributed by atoms with Gasteiger partial charge in [0, 0.05) is 19.2 Å². The van der Waals surface area contributed by atoms with Crippen LogP contribution in [0.15, 0.2) is 24.3 Å². The van der Waals surface area contributed by atoms with Gasteiger partial charge in [0.15, 0.2) is 0 Å². The maximum absolute atomic E-state index is 11.9. The van der Waals surface area contributed by atoms with Crippen molar-refractivity contribution in [2.45, 2.75) is 26.7 Å². The number of rotatable bonds is 4. The van der Waals surface area contributed by atoms with Gasteiger partial charge in [-0.3, -0.25) is 4.79 Å². The highest BCUT2D eigenvalue weighted by atomic mass is 16.2.